The Labute approximate surface area is 188 Å². The van der Waals surface area contributed by atoms with Gasteiger partial charge in [-0.15, -0.1) is 11.3 Å². The van der Waals surface area contributed by atoms with E-state index in [1.807, 2.05) is 31.2 Å². The zero-order valence-corrected chi connectivity index (χ0v) is 18.9. The topological polar surface area (TPSA) is 74.8 Å². The third-order valence-corrected chi connectivity index (χ3v) is 7.49. The summed E-state index contributed by atoms with van der Waals surface area (Å²) in [6.07, 6.45) is 7.56. The van der Waals surface area contributed by atoms with Gasteiger partial charge in [-0.05, 0) is 62.4 Å². The molecule has 3 aromatic heterocycles. The molecule has 0 bridgehead atoms. The van der Waals surface area contributed by atoms with Gasteiger partial charge in [-0.3, -0.25) is 14.0 Å². The average molecular weight is 454 g/mol. The molecule has 4 aromatic rings. The monoisotopic (exact) mass is 453 g/mol. The standard InChI is InChI=1S/C22H23N5O2S2/c1-2-29-16-9-7-15(8-10-16)27-21(28)19-17-5-3-4-6-18(17)31-20(19)25-22(27)30-12-11-26-14-23-13-24-26/h7-10,13-14H,2-6,11-12H2,1H3. The van der Waals surface area contributed by atoms with Crippen LogP contribution in [0.4, 0.5) is 0 Å². The predicted molar refractivity (Wildman–Crippen MR) is 124 cm³/mol. The van der Waals surface area contributed by atoms with Crippen LogP contribution in [0.5, 0.6) is 5.75 Å². The van der Waals surface area contributed by atoms with Crippen LogP contribution < -0.4 is 10.3 Å². The minimum absolute atomic E-state index is 0.0248. The van der Waals surface area contributed by atoms with Crippen molar-refractivity contribution in [2.45, 2.75) is 44.3 Å². The molecule has 0 amide bonds. The molecule has 5 rings (SSSR count). The van der Waals surface area contributed by atoms with Gasteiger partial charge in [0, 0.05) is 10.6 Å². The summed E-state index contributed by atoms with van der Waals surface area (Å²) in [5.74, 6) is 1.53. The summed E-state index contributed by atoms with van der Waals surface area (Å²) in [6, 6.07) is 7.67. The number of hydrogen-bond acceptors (Lipinski definition) is 7. The van der Waals surface area contributed by atoms with E-state index in [0.717, 1.165) is 46.7 Å². The number of aryl methyl sites for hydroxylation is 3. The fraction of sp³-hybridized carbons (Fsp3) is 0.364. The minimum atomic E-state index is 0.0248. The van der Waals surface area contributed by atoms with Crippen LogP contribution in [0.1, 0.15) is 30.2 Å². The lowest BCUT2D eigenvalue weighted by Crippen LogP contribution is -2.22. The van der Waals surface area contributed by atoms with Gasteiger partial charge >= 0.3 is 0 Å². The largest absolute Gasteiger partial charge is 0.494 e. The normalized spacial score (nSPS) is 13.5. The van der Waals surface area contributed by atoms with E-state index in [1.165, 1.54) is 23.2 Å². The van der Waals surface area contributed by atoms with E-state index in [-0.39, 0.29) is 5.56 Å². The molecule has 0 atom stereocenters. The number of rotatable bonds is 7. The second kappa shape index (κ2) is 8.84. The maximum absolute atomic E-state index is 13.7. The number of nitrogens with zero attached hydrogens (tertiary/aromatic N) is 5. The molecule has 7 nitrogen and oxygen atoms in total. The van der Waals surface area contributed by atoms with E-state index >= 15 is 0 Å². The maximum Gasteiger partial charge on any atom is 0.267 e. The summed E-state index contributed by atoms with van der Waals surface area (Å²) in [5.41, 5.74) is 2.04. The summed E-state index contributed by atoms with van der Waals surface area (Å²) in [6.45, 7) is 3.26. The zero-order valence-electron chi connectivity index (χ0n) is 17.3. The van der Waals surface area contributed by atoms with Crippen molar-refractivity contribution >= 4 is 33.3 Å². The van der Waals surface area contributed by atoms with Crippen molar-refractivity contribution in [2.24, 2.45) is 0 Å². The molecule has 1 aliphatic carbocycles. The third kappa shape index (κ3) is 3.99. The first-order valence-corrected chi connectivity index (χ1v) is 12.3. The molecule has 0 saturated heterocycles. The van der Waals surface area contributed by atoms with Crippen molar-refractivity contribution < 1.29 is 4.74 Å². The van der Waals surface area contributed by atoms with Gasteiger partial charge in [0.05, 0.1) is 24.2 Å². The van der Waals surface area contributed by atoms with Gasteiger partial charge in [0.15, 0.2) is 5.16 Å². The van der Waals surface area contributed by atoms with Crippen LogP contribution in [0.25, 0.3) is 15.9 Å². The molecule has 0 spiro atoms. The Bertz CT molecular complexity index is 1250. The van der Waals surface area contributed by atoms with E-state index in [0.29, 0.717) is 18.3 Å². The van der Waals surface area contributed by atoms with Crippen molar-refractivity contribution in [3.8, 4) is 11.4 Å². The Morgan fingerprint density at radius 3 is 2.81 bits per heavy atom. The molecule has 160 valence electrons. The minimum Gasteiger partial charge on any atom is -0.494 e. The average Bonchev–Trinajstić information content (AvgIpc) is 3.42. The van der Waals surface area contributed by atoms with Crippen LogP contribution in [0.2, 0.25) is 0 Å². The van der Waals surface area contributed by atoms with Crippen molar-refractivity contribution in [1.82, 2.24) is 24.3 Å². The molecule has 0 unspecified atom stereocenters. The quantitative estimate of drug-likeness (QED) is 0.310. The Morgan fingerprint density at radius 2 is 2.03 bits per heavy atom. The number of aromatic nitrogens is 5. The van der Waals surface area contributed by atoms with Crippen molar-refractivity contribution in [1.29, 1.82) is 0 Å². The smallest absolute Gasteiger partial charge is 0.267 e. The molecular weight excluding hydrogens is 430 g/mol. The Kier molecular flexibility index (Phi) is 5.78. The van der Waals surface area contributed by atoms with Crippen molar-refractivity contribution in [2.75, 3.05) is 12.4 Å². The van der Waals surface area contributed by atoms with Crippen LogP contribution in [0.15, 0.2) is 46.9 Å². The van der Waals surface area contributed by atoms with Crippen LogP contribution >= 0.6 is 23.1 Å². The summed E-state index contributed by atoms with van der Waals surface area (Å²) >= 11 is 3.26. The van der Waals surface area contributed by atoms with Crippen LogP contribution in [0.3, 0.4) is 0 Å². The highest BCUT2D eigenvalue weighted by molar-refractivity contribution is 7.99. The molecule has 1 aliphatic rings. The number of thioether (sulfide) groups is 1. The predicted octanol–water partition coefficient (Wildman–Crippen LogP) is 4.11. The van der Waals surface area contributed by atoms with Crippen LogP contribution in [-0.4, -0.2) is 36.7 Å². The van der Waals surface area contributed by atoms with Crippen LogP contribution in [0, 0.1) is 0 Å². The highest BCUT2D eigenvalue weighted by atomic mass is 32.2. The number of hydrogen-bond donors (Lipinski definition) is 0. The first kappa shape index (κ1) is 20.3. The summed E-state index contributed by atoms with van der Waals surface area (Å²) in [7, 11) is 0. The number of fused-ring (bicyclic) bond motifs is 3. The molecule has 1 aromatic carbocycles. The number of benzene rings is 1. The van der Waals surface area contributed by atoms with E-state index in [1.54, 1.807) is 38.7 Å². The SMILES string of the molecule is CCOc1ccc(-n2c(SCCn3cncn3)nc3sc4c(c3c2=O)CCCC4)cc1. The fourth-order valence-corrected chi connectivity index (χ4v) is 6.19. The molecule has 0 fully saturated rings. The van der Waals surface area contributed by atoms with Crippen LogP contribution in [-0.2, 0) is 19.4 Å². The van der Waals surface area contributed by atoms with Gasteiger partial charge in [-0.2, -0.15) is 5.10 Å². The Morgan fingerprint density at radius 1 is 1.19 bits per heavy atom. The Hall–Kier alpha value is -2.65. The molecule has 9 heteroatoms. The second-order valence-corrected chi connectivity index (χ2v) is 9.51. The zero-order chi connectivity index (χ0) is 21.2. The summed E-state index contributed by atoms with van der Waals surface area (Å²) < 4.78 is 9.12. The molecular formula is C22H23N5O2S2. The van der Waals surface area contributed by atoms with Gasteiger partial charge in [0.25, 0.3) is 5.56 Å². The van der Waals surface area contributed by atoms with Gasteiger partial charge in [-0.1, -0.05) is 11.8 Å². The number of thiophene rings is 1. The lowest BCUT2D eigenvalue weighted by Gasteiger charge is -2.14. The van der Waals surface area contributed by atoms with Gasteiger partial charge < -0.3 is 4.74 Å². The molecule has 0 N–H and O–H groups in total. The molecule has 0 radical (unpaired) electrons. The third-order valence-electron chi connectivity index (χ3n) is 5.38. The molecule has 0 aliphatic heterocycles. The first-order valence-electron chi connectivity index (χ1n) is 10.5. The van der Waals surface area contributed by atoms with E-state index in [9.17, 15) is 4.79 Å². The van der Waals surface area contributed by atoms with Gasteiger partial charge in [0.1, 0.15) is 23.2 Å². The Balaban J connectivity index is 1.58. The van der Waals surface area contributed by atoms with Crippen molar-refractivity contribution in [3.05, 3.63) is 57.7 Å². The molecule has 0 saturated carbocycles. The highest BCUT2D eigenvalue weighted by Crippen LogP contribution is 2.35. The molecule has 31 heavy (non-hydrogen) atoms. The lowest BCUT2D eigenvalue weighted by molar-refractivity contribution is 0.340. The van der Waals surface area contributed by atoms with E-state index < -0.39 is 0 Å². The lowest BCUT2D eigenvalue weighted by atomic mass is 9.97. The summed E-state index contributed by atoms with van der Waals surface area (Å²) in [4.78, 5) is 24.9. The maximum atomic E-state index is 13.7. The first-order chi connectivity index (χ1) is 15.2. The fourth-order valence-electron chi connectivity index (χ4n) is 3.95. The highest BCUT2D eigenvalue weighted by Gasteiger charge is 2.23. The van der Waals surface area contributed by atoms with E-state index in [4.69, 9.17) is 9.72 Å². The number of ether oxygens (including phenoxy) is 1. The van der Waals surface area contributed by atoms with Gasteiger partial charge in [-0.25, -0.2) is 9.97 Å². The summed E-state index contributed by atoms with van der Waals surface area (Å²) in [5, 5.41) is 5.67. The molecule has 3 heterocycles. The van der Waals surface area contributed by atoms with Crippen molar-refractivity contribution in [3.63, 3.8) is 0 Å². The second-order valence-electron chi connectivity index (χ2n) is 7.36. The van der Waals surface area contributed by atoms with E-state index in [2.05, 4.69) is 10.1 Å². The van der Waals surface area contributed by atoms with Gasteiger partial charge in [0.2, 0.25) is 0 Å².